The predicted octanol–water partition coefficient (Wildman–Crippen LogP) is 6.43. The lowest BCUT2D eigenvalue weighted by Crippen LogP contribution is -2.22. The Bertz CT molecular complexity index is 938. The van der Waals surface area contributed by atoms with Crippen molar-refractivity contribution >= 4 is 17.2 Å². The van der Waals surface area contributed by atoms with Gasteiger partial charge in [0.1, 0.15) is 0 Å². The van der Waals surface area contributed by atoms with Crippen molar-refractivity contribution < 1.29 is 0 Å². The van der Waals surface area contributed by atoms with Gasteiger partial charge in [-0.3, -0.25) is 0 Å². The second kappa shape index (κ2) is 9.43. The summed E-state index contributed by atoms with van der Waals surface area (Å²) < 4.78 is 0. The molecule has 0 fully saturated rings. The molecule has 4 rings (SSSR count). The van der Waals surface area contributed by atoms with Crippen molar-refractivity contribution in [3.8, 4) is 0 Å². The van der Waals surface area contributed by atoms with Crippen LogP contribution in [-0.2, 0) is 19.3 Å². The third-order valence-corrected chi connectivity index (χ3v) is 6.09. The molecule has 0 amide bonds. The summed E-state index contributed by atoms with van der Waals surface area (Å²) in [5, 5.41) is 0.803. The molecule has 148 valence electrons. The summed E-state index contributed by atoms with van der Waals surface area (Å²) in [4.78, 5) is 2.42. The van der Waals surface area contributed by atoms with Crippen molar-refractivity contribution in [1.82, 2.24) is 4.90 Å². The quantitative estimate of drug-likeness (QED) is 0.459. The van der Waals surface area contributed by atoms with Crippen molar-refractivity contribution in [3.05, 3.63) is 112 Å². The van der Waals surface area contributed by atoms with Crippen LogP contribution in [0.5, 0.6) is 0 Å². The van der Waals surface area contributed by atoms with Gasteiger partial charge >= 0.3 is 0 Å². The van der Waals surface area contributed by atoms with Gasteiger partial charge in [-0.05, 0) is 78.3 Å². The fourth-order valence-corrected chi connectivity index (χ4v) is 4.27. The van der Waals surface area contributed by atoms with E-state index in [-0.39, 0.29) is 0 Å². The molecule has 0 saturated carbocycles. The molecule has 3 aromatic carbocycles. The number of hydrogen-bond acceptors (Lipinski definition) is 1. The maximum atomic E-state index is 5.98. The van der Waals surface area contributed by atoms with E-state index in [1.54, 1.807) is 0 Å². The highest BCUT2D eigenvalue weighted by atomic mass is 35.5. The minimum Gasteiger partial charge on any atom is -0.306 e. The van der Waals surface area contributed by atoms with E-state index < -0.39 is 0 Å². The van der Waals surface area contributed by atoms with Gasteiger partial charge in [-0.2, -0.15) is 0 Å². The number of aryl methyl sites for hydroxylation is 2. The molecule has 0 heterocycles. The zero-order chi connectivity index (χ0) is 20.1. The van der Waals surface area contributed by atoms with Crippen LogP contribution in [0.1, 0.15) is 34.2 Å². The van der Waals surface area contributed by atoms with E-state index in [1.165, 1.54) is 33.4 Å². The van der Waals surface area contributed by atoms with Crippen molar-refractivity contribution in [1.29, 1.82) is 0 Å². The third kappa shape index (κ3) is 4.98. The molecule has 2 heteroatoms. The van der Waals surface area contributed by atoms with Crippen LogP contribution >= 0.6 is 11.6 Å². The number of benzene rings is 3. The number of nitrogens with zero attached hydrogens (tertiary/aromatic N) is 1. The molecule has 29 heavy (non-hydrogen) atoms. The number of hydrogen-bond donors (Lipinski definition) is 0. The molecule has 1 aliphatic carbocycles. The Kier molecular flexibility index (Phi) is 6.49. The molecule has 0 unspecified atom stereocenters. The van der Waals surface area contributed by atoms with Gasteiger partial charge < -0.3 is 4.90 Å². The van der Waals surface area contributed by atoms with Crippen LogP contribution in [-0.4, -0.2) is 25.0 Å². The summed E-state index contributed by atoms with van der Waals surface area (Å²) in [5.41, 5.74) is 8.48. The lowest BCUT2D eigenvalue weighted by molar-refractivity contribution is 0.345. The van der Waals surface area contributed by atoms with Gasteiger partial charge in [0, 0.05) is 18.1 Å². The monoisotopic (exact) mass is 401 g/mol. The lowest BCUT2D eigenvalue weighted by Gasteiger charge is -2.17. The zero-order valence-electron chi connectivity index (χ0n) is 17.1. The number of halogens is 1. The molecule has 0 N–H and O–H groups in total. The SMILES string of the molecule is CN(CCC=C1c2ccccc2CCc2ccccc21)CCc1ccc(Cl)cc1. The smallest absolute Gasteiger partial charge is 0.0406 e. The van der Waals surface area contributed by atoms with E-state index >= 15 is 0 Å². The average Bonchev–Trinajstić information content (AvgIpc) is 2.91. The van der Waals surface area contributed by atoms with Crippen LogP contribution in [0, 0.1) is 0 Å². The van der Waals surface area contributed by atoms with Gasteiger partial charge in [0.15, 0.2) is 0 Å². The van der Waals surface area contributed by atoms with Gasteiger partial charge in [-0.25, -0.2) is 0 Å². The van der Waals surface area contributed by atoms with Crippen LogP contribution in [0.2, 0.25) is 5.02 Å². The Labute approximate surface area is 179 Å². The standard InChI is InChI=1S/C27H28ClN/c1-29(20-18-21-12-16-24(28)17-13-21)19-6-11-27-25-9-4-2-7-22(25)14-15-23-8-3-5-10-26(23)27/h2-5,7-13,16-17H,6,14-15,18-20H2,1H3. The van der Waals surface area contributed by atoms with Crippen LogP contribution < -0.4 is 0 Å². The first kappa shape index (κ1) is 19.9. The highest BCUT2D eigenvalue weighted by Crippen LogP contribution is 2.33. The Morgan fingerprint density at radius 3 is 2.00 bits per heavy atom. The van der Waals surface area contributed by atoms with Crippen LogP contribution in [0.25, 0.3) is 5.57 Å². The van der Waals surface area contributed by atoms with Crippen molar-refractivity contribution in [2.75, 3.05) is 20.1 Å². The summed E-state index contributed by atoms with van der Waals surface area (Å²) >= 11 is 5.98. The second-order valence-electron chi connectivity index (χ2n) is 7.90. The fraction of sp³-hybridized carbons (Fsp3) is 0.259. The second-order valence-corrected chi connectivity index (χ2v) is 8.34. The summed E-state index contributed by atoms with van der Waals surface area (Å²) in [6, 6.07) is 26.0. The molecule has 0 aliphatic heterocycles. The Morgan fingerprint density at radius 1 is 0.793 bits per heavy atom. The molecular formula is C27H28ClN. The first-order valence-corrected chi connectivity index (χ1v) is 10.9. The maximum absolute atomic E-state index is 5.98. The average molecular weight is 402 g/mol. The molecule has 0 bridgehead atoms. The molecule has 0 radical (unpaired) electrons. The molecule has 0 spiro atoms. The Balaban J connectivity index is 1.45. The van der Waals surface area contributed by atoms with Crippen LogP contribution in [0.15, 0.2) is 78.9 Å². The topological polar surface area (TPSA) is 3.24 Å². The molecule has 0 aromatic heterocycles. The fourth-order valence-electron chi connectivity index (χ4n) is 4.15. The van der Waals surface area contributed by atoms with E-state index in [9.17, 15) is 0 Å². The van der Waals surface area contributed by atoms with Crippen LogP contribution in [0.3, 0.4) is 0 Å². The van der Waals surface area contributed by atoms with Gasteiger partial charge in [0.25, 0.3) is 0 Å². The first-order valence-electron chi connectivity index (χ1n) is 10.5. The minimum atomic E-state index is 0.803. The van der Waals surface area contributed by atoms with E-state index in [0.717, 1.165) is 43.8 Å². The summed E-state index contributed by atoms with van der Waals surface area (Å²) in [6.07, 6.45) is 6.78. The normalized spacial score (nSPS) is 13.0. The van der Waals surface area contributed by atoms with Crippen molar-refractivity contribution in [3.63, 3.8) is 0 Å². The molecular weight excluding hydrogens is 374 g/mol. The van der Waals surface area contributed by atoms with Gasteiger partial charge in [-0.1, -0.05) is 78.3 Å². The van der Waals surface area contributed by atoms with Crippen LogP contribution in [0.4, 0.5) is 0 Å². The number of rotatable bonds is 6. The predicted molar refractivity (Wildman–Crippen MR) is 125 cm³/mol. The largest absolute Gasteiger partial charge is 0.306 e. The third-order valence-electron chi connectivity index (χ3n) is 5.83. The van der Waals surface area contributed by atoms with E-state index in [2.05, 4.69) is 78.7 Å². The molecule has 0 saturated heterocycles. The zero-order valence-corrected chi connectivity index (χ0v) is 17.8. The molecule has 3 aromatic rings. The highest BCUT2D eigenvalue weighted by molar-refractivity contribution is 6.30. The van der Waals surface area contributed by atoms with Gasteiger partial charge in [0.2, 0.25) is 0 Å². The maximum Gasteiger partial charge on any atom is 0.0406 e. The minimum absolute atomic E-state index is 0.803. The number of fused-ring (bicyclic) bond motifs is 2. The van der Waals surface area contributed by atoms with E-state index in [1.807, 2.05) is 12.1 Å². The summed E-state index contributed by atoms with van der Waals surface area (Å²) in [7, 11) is 2.21. The summed E-state index contributed by atoms with van der Waals surface area (Å²) in [5.74, 6) is 0. The van der Waals surface area contributed by atoms with Crippen molar-refractivity contribution in [2.24, 2.45) is 0 Å². The Hall–Kier alpha value is -2.35. The van der Waals surface area contributed by atoms with Crippen molar-refractivity contribution in [2.45, 2.75) is 25.7 Å². The number of likely N-dealkylation sites (N-methyl/N-ethyl adjacent to an activating group) is 1. The molecule has 0 atom stereocenters. The Morgan fingerprint density at radius 2 is 1.38 bits per heavy atom. The van der Waals surface area contributed by atoms with E-state index in [4.69, 9.17) is 11.6 Å². The molecule has 1 nitrogen and oxygen atoms in total. The van der Waals surface area contributed by atoms with Gasteiger partial charge in [0.05, 0.1) is 0 Å². The first-order chi connectivity index (χ1) is 14.2. The molecule has 1 aliphatic rings. The van der Waals surface area contributed by atoms with Gasteiger partial charge in [-0.15, -0.1) is 0 Å². The lowest BCUT2D eigenvalue weighted by atomic mass is 9.93. The summed E-state index contributed by atoms with van der Waals surface area (Å²) in [6.45, 7) is 2.11. The highest BCUT2D eigenvalue weighted by Gasteiger charge is 2.17. The van der Waals surface area contributed by atoms with E-state index in [0.29, 0.717) is 0 Å².